The lowest BCUT2D eigenvalue weighted by Crippen LogP contribution is -2.40. The van der Waals surface area contributed by atoms with E-state index in [9.17, 15) is 14.7 Å². The summed E-state index contributed by atoms with van der Waals surface area (Å²) in [7, 11) is 3.00. The highest BCUT2D eigenvalue weighted by atomic mass is 32.1. The predicted octanol–water partition coefficient (Wildman–Crippen LogP) is 3.65. The molecule has 0 amide bonds. The van der Waals surface area contributed by atoms with Crippen LogP contribution in [0.15, 0.2) is 64.0 Å². The maximum Gasteiger partial charge on any atom is 0.338 e. The van der Waals surface area contributed by atoms with Crippen LogP contribution >= 0.6 is 11.3 Å². The quantitative estimate of drug-likeness (QED) is 0.296. The Morgan fingerprint density at radius 2 is 1.93 bits per heavy atom. The molecule has 210 valence electrons. The van der Waals surface area contributed by atoms with E-state index in [0.717, 1.165) is 0 Å². The molecule has 2 aromatic carbocycles. The van der Waals surface area contributed by atoms with Gasteiger partial charge in [-0.3, -0.25) is 9.36 Å². The number of methoxy groups -OCH3 is 2. The second-order valence-electron chi connectivity index (χ2n) is 8.84. The minimum atomic E-state index is -0.861. The van der Waals surface area contributed by atoms with Crippen molar-refractivity contribution < 1.29 is 28.8 Å². The number of rotatable bonds is 10. The minimum absolute atomic E-state index is 0.0252. The van der Waals surface area contributed by atoms with E-state index in [1.165, 1.54) is 30.1 Å². The van der Waals surface area contributed by atoms with Gasteiger partial charge in [-0.1, -0.05) is 29.5 Å². The lowest BCUT2D eigenvalue weighted by Gasteiger charge is -2.26. The number of fused-ring (bicyclic) bond motifs is 1. The van der Waals surface area contributed by atoms with Gasteiger partial charge in [-0.25, -0.2) is 9.79 Å². The first-order valence-electron chi connectivity index (χ1n) is 12.8. The van der Waals surface area contributed by atoms with E-state index in [0.29, 0.717) is 56.2 Å². The Morgan fingerprint density at radius 1 is 1.18 bits per heavy atom. The number of aromatic hydroxyl groups is 1. The molecular formula is C30H32N2O7S. The van der Waals surface area contributed by atoms with Crippen molar-refractivity contribution in [3.8, 4) is 23.0 Å². The van der Waals surface area contributed by atoms with Crippen LogP contribution in [-0.2, 0) is 16.0 Å². The molecule has 1 aromatic heterocycles. The Morgan fingerprint density at radius 3 is 2.58 bits per heavy atom. The molecule has 3 aromatic rings. The summed E-state index contributed by atoms with van der Waals surface area (Å²) in [6.07, 6.45) is 3.81. The van der Waals surface area contributed by atoms with Crippen molar-refractivity contribution in [2.24, 2.45) is 4.99 Å². The van der Waals surface area contributed by atoms with Gasteiger partial charge in [0.15, 0.2) is 27.8 Å². The number of ether oxygens (including phenoxy) is 4. The van der Waals surface area contributed by atoms with Crippen molar-refractivity contribution in [1.82, 2.24) is 4.57 Å². The normalized spacial score (nSPS) is 14.8. The fourth-order valence-electron chi connectivity index (χ4n) is 4.68. The molecule has 1 N–H and O–H groups in total. The van der Waals surface area contributed by atoms with Gasteiger partial charge in [-0.05, 0) is 57.0 Å². The van der Waals surface area contributed by atoms with Gasteiger partial charge in [-0.2, -0.15) is 0 Å². The van der Waals surface area contributed by atoms with Gasteiger partial charge in [0.1, 0.15) is 6.04 Å². The number of hydrogen-bond donors (Lipinski definition) is 1. The Kier molecular flexibility index (Phi) is 8.79. The number of phenols is 1. The zero-order valence-electron chi connectivity index (χ0n) is 23.1. The molecule has 4 rings (SSSR count). The third-order valence-corrected chi connectivity index (χ3v) is 7.37. The highest BCUT2D eigenvalue weighted by molar-refractivity contribution is 7.07. The second kappa shape index (κ2) is 12.3. The van der Waals surface area contributed by atoms with Crippen molar-refractivity contribution in [3.05, 3.63) is 90.6 Å². The van der Waals surface area contributed by atoms with Crippen molar-refractivity contribution in [2.45, 2.75) is 33.2 Å². The third-order valence-electron chi connectivity index (χ3n) is 6.39. The van der Waals surface area contributed by atoms with Crippen LogP contribution in [0.5, 0.6) is 23.0 Å². The minimum Gasteiger partial charge on any atom is -0.504 e. The molecule has 10 heteroatoms. The molecule has 0 spiro atoms. The van der Waals surface area contributed by atoms with Crippen LogP contribution in [-0.4, -0.2) is 43.1 Å². The molecule has 2 heterocycles. The maximum atomic E-state index is 14.0. The Labute approximate surface area is 235 Å². The Balaban J connectivity index is 2.01. The topological polar surface area (TPSA) is 109 Å². The number of allylic oxidation sites excluding steroid dienone is 2. The predicted molar refractivity (Wildman–Crippen MR) is 153 cm³/mol. The van der Waals surface area contributed by atoms with Crippen molar-refractivity contribution in [1.29, 1.82) is 0 Å². The molecule has 0 aliphatic carbocycles. The molecule has 9 nitrogen and oxygen atoms in total. The van der Waals surface area contributed by atoms with E-state index < -0.39 is 12.0 Å². The monoisotopic (exact) mass is 564 g/mol. The molecule has 0 radical (unpaired) electrons. The van der Waals surface area contributed by atoms with E-state index in [1.54, 1.807) is 56.3 Å². The van der Waals surface area contributed by atoms with E-state index in [-0.39, 0.29) is 29.2 Å². The summed E-state index contributed by atoms with van der Waals surface area (Å²) in [5.41, 5.74) is 2.20. The number of phenolic OH excluding ortho intramolecular Hbond substituents is 1. The van der Waals surface area contributed by atoms with Crippen molar-refractivity contribution >= 4 is 23.4 Å². The number of aromatic nitrogens is 1. The lowest BCUT2D eigenvalue weighted by molar-refractivity contribution is -0.139. The van der Waals surface area contributed by atoms with Crippen molar-refractivity contribution in [2.75, 3.05) is 27.4 Å². The Bertz CT molecular complexity index is 1670. The summed E-state index contributed by atoms with van der Waals surface area (Å²) >= 11 is 1.20. The van der Waals surface area contributed by atoms with E-state index in [4.69, 9.17) is 18.9 Å². The molecule has 0 fully saturated rings. The van der Waals surface area contributed by atoms with Gasteiger partial charge in [0.25, 0.3) is 5.56 Å². The summed E-state index contributed by atoms with van der Waals surface area (Å²) in [5.74, 6) is 0.656. The van der Waals surface area contributed by atoms with E-state index >= 15 is 0 Å². The first kappa shape index (κ1) is 28.7. The summed E-state index contributed by atoms with van der Waals surface area (Å²) in [6, 6.07) is 7.92. The zero-order valence-corrected chi connectivity index (χ0v) is 24.0. The average molecular weight is 565 g/mol. The molecule has 1 unspecified atom stereocenters. The van der Waals surface area contributed by atoms with Crippen LogP contribution in [0.2, 0.25) is 0 Å². The smallest absolute Gasteiger partial charge is 0.338 e. The molecule has 0 saturated heterocycles. The standard InChI is InChI=1S/C30H32N2O7S/c1-7-11-19-14-18(15-22(37-6)26(19)33)16-23-28(34)32-25(20-12-10-13-21(36-5)27(20)38-8-2)24(29(35)39-9-3)17(4)31-30(32)40-23/h7,10,12-16,25,33H,1,8-9,11H2,2-6H3. The molecular weight excluding hydrogens is 532 g/mol. The molecule has 1 aliphatic rings. The third kappa shape index (κ3) is 5.27. The number of carbonyl (C=O) groups excluding carboxylic acids is 1. The number of esters is 1. The van der Waals surface area contributed by atoms with Crippen LogP contribution in [0, 0.1) is 0 Å². The molecule has 0 bridgehead atoms. The first-order chi connectivity index (χ1) is 19.3. The average Bonchev–Trinajstić information content (AvgIpc) is 3.24. The van der Waals surface area contributed by atoms with Gasteiger partial charge < -0.3 is 24.1 Å². The van der Waals surface area contributed by atoms with Crippen LogP contribution in [0.25, 0.3) is 6.08 Å². The molecule has 1 atom stereocenters. The number of thiazole rings is 1. The summed E-state index contributed by atoms with van der Waals surface area (Å²) in [6.45, 7) is 9.56. The molecule has 0 saturated carbocycles. The number of para-hydroxylation sites is 1. The highest BCUT2D eigenvalue weighted by Gasteiger charge is 2.36. The van der Waals surface area contributed by atoms with Gasteiger partial charge in [0.05, 0.1) is 43.2 Å². The van der Waals surface area contributed by atoms with Gasteiger partial charge in [0, 0.05) is 11.1 Å². The van der Waals surface area contributed by atoms with Gasteiger partial charge >= 0.3 is 5.97 Å². The van der Waals surface area contributed by atoms with Crippen LogP contribution in [0.3, 0.4) is 0 Å². The van der Waals surface area contributed by atoms with E-state index in [2.05, 4.69) is 11.6 Å². The number of carbonyl (C=O) groups is 1. The maximum absolute atomic E-state index is 14.0. The van der Waals surface area contributed by atoms with Gasteiger partial charge in [-0.15, -0.1) is 6.58 Å². The van der Waals surface area contributed by atoms with Gasteiger partial charge in [0.2, 0.25) is 0 Å². The molecule has 1 aliphatic heterocycles. The summed E-state index contributed by atoms with van der Waals surface area (Å²) in [5, 5.41) is 10.5. The van der Waals surface area contributed by atoms with E-state index in [1.807, 2.05) is 6.92 Å². The summed E-state index contributed by atoms with van der Waals surface area (Å²) in [4.78, 5) is 32.3. The molecule has 40 heavy (non-hydrogen) atoms. The second-order valence-corrected chi connectivity index (χ2v) is 9.85. The lowest BCUT2D eigenvalue weighted by atomic mass is 9.94. The zero-order chi connectivity index (χ0) is 29.0. The first-order valence-corrected chi connectivity index (χ1v) is 13.6. The fraction of sp³-hybridized carbons (Fsp3) is 0.300. The van der Waals surface area contributed by atoms with Crippen LogP contribution < -0.4 is 29.1 Å². The highest BCUT2D eigenvalue weighted by Crippen LogP contribution is 2.41. The number of benzene rings is 2. The van der Waals surface area contributed by atoms with Crippen LogP contribution in [0.4, 0.5) is 0 Å². The number of hydrogen-bond acceptors (Lipinski definition) is 9. The summed E-state index contributed by atoms with van der Waals surface area (Å²) < 4.78 is 24.1. The fourth-order valence-corrected chi connectivity index (χ4v) is 5.73. The van der Waals surface area contributed by atoms with Crippen molar-refractivity contribution in [3.63, 3.8) is 0 Å². The Hall–Kier alpha value is -4.31. The largest absolute Gasteiger partial charge is 0.504 e. The number of nitrogens with zero attached hydrogens (tertiary/aromatic N) is 2. The van der Waals surface area contributed by atoms with Crippen LogP contribution in [0.1, 0.15) is 43.5 Å². The SMILES string of the molecule is C=CCc1cc(C=c2sc3n(c2=O)C(c2cccc(OC)c2OCC)C(C(=O)OCC)=C(C)N=3)cc(OC)c1O.